The van der Waals surface area contributed by atoms with E-state index in [4.69, 9.17) is 23.2 Å². The van der Waals surface area contributed by atoms with Crippen LogP contribution in [0.5, 0.6) is 0 Å². The van der Waals surface area contributed by atoms with Crippen molar-refractivity contribution >= 4 is 29.1 Å². The van der Waals surface area contributed by atoms with Gasteiger partial charge in [-0.3, -0.25) is 4.79 Å². The number of nitrogens with zero attached hydrogens (tertiary/aromatic N) is 2. The molecule has 1 aromatic rings. The minimum Gasteiger partial charge on any atom is -0.339 e. The van der Waals surface area contributed by atoms with Crippen LogP contribution in [0.15, 0.2) is 18.2 Å². The van der Waals surface area contributed by atoms with Crippen molar-refractivity contribution in [2.24, 2.45) is 0 Å². The molecule has 0 radical (unpaired) electrons. The lowest BCUT2D eigenvalue weighted by molar-refractivity contribution is 0.0663. The van der Waals surface area contributed by atoms with Gasteiger partial charge in [-0.25, -0.2) is 0 Å². The molecule has 0 aromatic heterocycles. The minimum atomic E-state index is 0.0378. The summed E-state index contributed by atoms with van der Waals surface area (Å²) < 4.78 is 0. The van der Waals surface area contributed by atoms with Crippen molar-refractivity contribution in [2.75, 3.05) is 27.2 Å². The van der Waals surface area contributed by atoms with Gasteiger partial charge in [-0.15, -0.1) is 0 Å². The summed E-state index contributed by atoms with van der Waals surface area (Å²) in [4.78, 5) is 16.5. The molecule has 1 aliphatic heterocycles. The third kappa shape index (κ3) is 3.41. The second kappa shape index (κ2) is 6.12. The van der Waals surface area contributed by atoms with Gasteiger partial charge < -0.3 is 9.80 Å². The standard InChI is InChI=1S/C14H18Cl2N2O/c1-17(2)11-5-7-18(8-6-11)14(19)10-3-4-12(15)13(16)9-10/h3-4,9,11H,5-8H2,1-2H3. The molecule has 0 bridgehead atoms. The second-order valence-corrected chi connectivity index (χ2v) is 5.93. The lowest BCUT2D eigenvalue weighted by atomic mass is 10.0. The van der Waals surface area contributed by atoms with Crippen LogP contribution in [0, 0.1) is 0 Å². The molecule has 1 heterocycles. The highest BCUT2D eigenvalue weighted by Gasteiger charge is 2.24. The third-order valence-electron chi connectivity index (χ3n) is 3.65. The lowest BCUT2D eigenvalue weighted by Crippen LogP contribution is -2.44. The Kier molecular flexibility index (Phi) is 4.71. The molecular weight excluding hydrogens is 283 g/mol. The average molecular weight is 301 g/mol. The van der Waals surface area contributed by atoms with Gasteiger partial charge >= 0.3 is 0 Å². The molecule has 0 N–H and O–H groups in total. The van der Waals surface area contributed by atoms with E-state index in [-0.39, 0.29) is 5.91 Å². The van der Waals surface area contributed by atoms with Crippen LogP contribution >= 0.6 is 23.2 Å². The van der Waals surface area contributed by atoms with Crippen LogP contribution in [0.4, 0.5) is 0 Å². The molecule has 19 heavy (non-hydrogen) atoms. The lowest BCUT2D eigenvalue weighted by Gasteiger charge is -2.35. The summed E-state index contributed by atoms with van der Waals surface area (Å²) in [5.41, 5.74) is 0.609. The van der Waals surface area contributed by atoms with Crippen molar-refractivity contribution in [1.82, 2.24) is 9.80 Å². The highest BCUT2D eigenvalue weighted by atomic mass is 35.5. The molecular formula is C14H18Cl2N2O. The monoisotopic (exact) mass is 300 g/mol. The van der Waals surface area contributed by atoms with Gasteiger partial charge in [0.2, 0.25) is 0 Å². The van der Waals surface area contributed by atoms with E-state index in [1.54, 1.807) is 18.2 Å². The predicted octanol–water partition coefficient (Wildman–Crippen LogP) is 3.16. The molecule has 5 heteroatoms. The first-order valence-corrected chi connectivity index (χ1v) is 7.15. The van der Waals surface area contributed by atoms with E-state index >= 15 is 0 Å². The molecule has 1 saturated heterocycles. The van der Waals surface area contributed by atoms with Crippen molar-refractivity contribution in [2.45, 2.75) is 18.9 Å². The quantitative estimate of drug-likeness (QED) is 0.838. The molecule has 1 amide bonds. The summed E-state index contributed by atoms with van der Waals surface area (Å²) in [5.74, 6) is 0.0378. The Hall–Kier alpha value is -0.770. The fourth-order valence-corrected chi connectivity index (χ4v) is 2.70. The summed E-state index contributed by atoms with van der Waals surface area (Å²) in [6.45, 7) is 1.59. The molecule has 1 aliphatic rings. The van der Waals surface area contributed by atoms with Gasteiger partial charge in [0.25, 0.3) is 5.91 Å². The van der Waals surface area contributed by atoms with Crippen molar-refractivity contribution < 1.29 is 4.79 Å². The van der Waals surface area contributed by atoms with Crippen molar-refractivity contribution in [3.05, 3.63) is 33.8 Å². The van der Waals surface area contributed by atoms with Gasteiger partial charge in [-0.2, -0.15) is 0 Å². The first kappa shape index (κ1) is 14.6. The van der Waals surface area contributed by atoms with Gasteiger partial charge in [0, 0.05) is 24.7 Å². The van der Waals surface area contributed by atoms with Crippen LogP contribution < -0.4 is 0 Å². The number of hydrogen-bond donors (Lipinski definition) is 0. The van der Waals surface area contributed by atoms with Crippen LogP contribution in [0.1, 0.15) is 23.2 Å². The summed E-state index contributed by atoms with van der Waals surface area (Å²) in [7, 11) is 4.17. The highest BCUT2D eigenvalue weighted by molar-refractivity contribution is 6.42. The Morgan fingerprint density at radius 3 is 2.37 bits per heavy atom. The number of carbonyl (C=O) groups excluding carboxylic acids is 1. The Balaban J connectivity index is 2.03. The van der Waals surface area contributed by atoms with Crippen molar-refractivity contribution in [3.63, 3.8) is 0 Å². The molecule has 3 nitrogen and oxygen atoms in total. The molecule has 0 saturated carbocycles. The Bertz CT molecular complexity index is 469. The van der Waals surface area contributed by atoms with E-state index in [1.807, 2.05) is 4.90 Å². The fourth-order valence-electron chi connectivity index (χ4n) is 2.40. The summed E-state index contributed by atoms with van der Waals surface area (Å²) in [5, 5.41) is 0.903. The maximum absolute atomic E-state index is 12.4. The Morgan fingerprint density at radius 1 is 1.21 bits per heavy atom. The van der Waals surface area contributed by atoms with Crippen LogP contribution in [0.3, 0.4) is 0 Å². The van der Waals surface area contributed by atoms with E-state index in [1.165, 1.54) is 0 Å². The topological polar surface area (TPSA) is 23.6 Å². The Morgan fingerprint density at radius 2 is 1.84 bits per heavy atom. The first-order valence-electron chi connectivity index (χ1n) is 6.40. The van der Waals surface area contributed by atoms with E-state index in [0.717, 1.165) is 25.9 Å². The molecule has 0 aliphatic carbocycles. The third-order valence-corrected chi connectivity index (χ3v) is 4.39. The average Bonchev–Trinajstić information content (AvgIpc) is 2.41. The maximum atomic E-state index is 12.4. The van der Waals surface area contributed by atoms with Crippen LogP contribution in [-0.4, -0.2) is 48.9 Å². The van der Waals surface area contributed by atoms with E-state index in [2.05, 4.69) is 19.0 Å². The zero-order valence-electron chi connectivity index (χ0n) is 11.2. The molecule has 1 fully saturated rings. The number of piperidine rings is 1. The van der Waals surface area contributed by atoms with Gasteiger partial charge in [0.1, 0.15) is 0 Å². The number of rotatable bonds is 2. The number of amides is 1. The largest absolute Gasteiger partial charge is 0.339 e. The number of likely N-dealkylation sites (tertiary alicyclic amines) is 1. The molecule has 0 spiro atoms. The van der Waals surface area contributed by atoms with Gasteiger partial charge in [0.15, 0.2) is 0 Å². The predicted molar refractivity (Wildman–Crippen MR) is 79.1 cm³/mol. The second-order valence-electron chi connectivity index (χ2n) is 5.12. The first-order chi connectivity index (χ1) is 8.99. The maximum Gasteiger partial charge on any atom is 0.253 e. The number of halogens is 2. The van der Waals surface area contributed by atoms with Crippen molar-refractivity contribution in [3.8, 4) is 0 Å². The number of hydrogen-bond acceptors (Lipinski definition) is 2. The van der Waals surface area contributed by atoms with Crippen LogP contribution in [-0.2, 0) is 0 Å². The minimum absolute atomic E-state index is 0.0378. The highest BCUT2D eigenvalue weighted by Crippen LogP contribution is 2.24. The van der Waals surface area contributed by atoms with Crippen LogP contribution in [0.2, 0.25) is 10.0 Å². The zero-order valence-corrected chi connectivity index (χ0v) is 12.7. The summed E-state index contributed by atoms with van der Waals surface area (Å²) in [6.07, 6.45) is 2.03. The molecule has 1 aromatic carbocycles. The van der Waals surface area contributed by atoms with Gasteiger partial charge in [-0.05, 0) is 45.1 Å². The van der Waals surface area contributed by atoms with Gasteiger partial charge in [0.05, 0.1) is 10.0 Å². The summed E-state index contributed by atoms with van der Waals surface area (Å²) >= 11 is 11.8. The fraction of sp³-hybridized carbons (Fsp3) is 0.500. The van der Waals surface area contributed by atoms with E-state index in [0.29, 0.717) is 21.7 Å². The van der Waals surface area contributed by atoms with Gasteiger partial charge in [-0.1, -0.05) is 23.2 Å². The zero-order chi connectivity index (χ0) is 14.0. The molecule has 2 rings (SSSR count). The van der Waals surface area contributed by atoms with E-state index in [9.17, 15) is 4.79 Å². The number of benzene rings is 1. The Labute approximate surface area is 124 Å². The SMILES string of the molecule is CN(C)C1CCN(C(=O)c2ccc(Cl)c(Cl)c2)CC1. The molecule has 0 atom stereocenters. The smallest absolute Gasteiger partial charge is 0.253 e. The molecule has 104 valence electrons. The van der Waals surface area contributed by atoms with Crippen LogP contribution in [0.25, 0.3) is 0 Å². The number of carbonyl (C=O) groups is 1. The summed E-state index contributed by atoms with van der Waals surface area (Å²) in [6, 6.07) is 5.61. The van der Waals surface area contributed by atoms with E-state index < -0.39 is 0 Å². The molecule has 0 unspecified atom stereocenters. The normalized spacial score (nSPS) is 17.0. The van der Waals surface area contributed by atoms with Crippen molar-refractivity contribution in [1.29, 1.82) is 0 Å².